The van der Waals surface area contributed by atoms with Crippen molar-refractivity contribution < 1.29 is 0 Å². The van der Waals surface area contributed by atoms with Gasteiger partial charge in [0, 0.05) is 11.1 Å². The summed E-state index contributed by atoms with van der Waals surface area (Å²) in [6.45, 7) is 2.68. The van der Waals surface area contributed by atoms with Crippen molar-refractivity contribution in [2.24, 2.45) is 0 Å². The third-order valence-electron chi connectivity index (χ3n) is 2.54. The fraction of sp³-hybridized carbons (Fsp3) is 0.154. The van der Waals surface area contributed by atoms with E-state index < -0.39 is 0 Å². The molecule has 5 heteroatoms. The van der Waals surface area contributed by atoms with Crippen LogP contribution in [0.2, 0.25) is 0 Å². The van der Waals surface area contributed by atoms with E-state index in [9.17, 15) is 0 Å². The maximum atomic E-state index is 4.50. The van der Waals surface area contributed by atoms with Crippen molar-refractivity contribution in [3.05, 3.63) is 46.5 Å². The molecular formula is C13H12N4S. The molecule has 2 aromatic heterocycles. The molecule has 0 unspecified atom stereocenters. The maximum Gasteiger partial charge on any atom is 0.145 e. The van der Waals surface area contributed by atoms with Gasteiger partial charge < -0.3 is 5.32 Å². The third kappa shape index (κ3) is 2.31. The number of nitrogens with one attached hydrogen (secondary N) is 1. The summed E-state index contributed by atoms with van der Waals surface area (Å²) >= 11 is 1.65. The number of fused-ring (bicyclic) bond motifs is 1. The molecule has 0 saturated heterocycles. The fourth-order valence-electron chi connectivity index (χ4n) is 1.69. The highest BCUT2D eigenvalue weighted by Crippen LogP contribution is 2.13. The van der Waals surface area contributed by atoms with Crippen LogP contribution in [0.25, 0.3) is 11.0 Å². The quantitative estimate of drug-likeness (QED) is 0.782. The number of aryl methyl sites for hydroxylation is 1. The molecule has 0 aliphatic heterocycles. The number of nitrogens with zero attached hydrogens (tertiary/aromatic N) is 3. The van der Waals surface area contributed by atoms with Crippen molar-refractivity contribution in [3.8, 4) is 0 Å². The Bertz CT molecular complexity index is 677. The van der Waals surface area contributed by atoms with Gasteiger partial charge in [0.05, 0.1) is 23.8 Å². The molecule has 1 aromatic carbocycles. The number of benzene rings is 1. The Labute approximate surface area is 109 Å². The Hall–Kier alpha value is -2.01. The van der Waals surface area contributed by atoms with Gasteiger partial charge in [0.25, 0.3) is 0 Å². The molecular weight excluding hydrogens is 244 g/mol. The second kappa shape index (κ2) is 4.70. The van der Waals surface area contributed by atoms with Gasteiger partial charge in [0.1, 0.15) is 10.8 Å². The van der Waals surface area contributed by atoms with E-state index in [4.69, 9.17) is 0 Å². The topological polar surface area (TPSA) is 50.7 Å². The Morgan fingerprint density at radius 2 is 2.00 bits per heavy atom. The van der Waals surface area contributed by atoms with Crippen molar-refractivity contribution in [3.63, 3.8) is 0 Å². The maximum absolute atomic E-state index is 4.50. The van der Waals surface area contributed by atoms with Gasteiger partial charge in [-0.15, -0.1) is 11.3 Å². The Morgan fingerprint density at radius 1 is 1.17 bits per heavy atom. The Kier molecular flexibility index (Phi) is 2.90. The summed E-state index contributed by atoms with van der Waals surface area (Å²) in [4.78, 5) is 13.3. The zero-order valence-corrected chi connectivity index (χ0v) is 10.7. The number of para-hydroxylation sites is 2. The van der Waals surface area contributed by atoms with Gasteiger partial charge in [-0.05, 0) is 19.1 Å². The Morgan fingerprint density at radius 3 is 2.78 bits per heavy atom. The lowest BCUT2D eigenvalue weighted by Gasteiger charge is -2.03. The zero-order chi connectivity index (χ0) is 12.4. The number of rotatable bonds is 3. The molecule has 90 valence electrons. The highest BCUT2D eigenvalue weighted by Gasteiger charge is 2.01. The lowest BCUT2D eigenvalue weighted by molar-refractivity contribution is 1.06. The van der Waals surface area contributed by atoms with Crippen LogP contribution in [0.3, 0.4) is 0 Å². The van der Waals surface area contributed by atoms with Crippen LogP contribution in [-0.2, 0) is 6.54 Å². The van der Waals surface area contributed by atoms with Crippen LogP contribution in [0.1, 0.15) is 10.7 Å². The summed E-state index contributed by atoms with van der Waals surface area (Å²) in [6.07, 6.45) is 1.75. The predicted octanol–water partition coefficient (Wildman–Crippen LogP) is 3.01. The molecule has 3 aromatic rings. The molecule has 1 N–H and O–H groups in total. The fourth-order valence-corrected chi connectivity index (χ4v) is 2.40. The van der Waals surface area contributed by atoms with Gasteiger partial charge in [-0.2, -0.15) is 0 Å². The van der Waals surface area contributed by atoms with Gasteiger partial charge in [-0.3, -0.25) is 4.98 Å². The molecule has 0 fully saturated rings. The van der Waals surface area contributed by atoms with Gasteiger partial charge in [-0.25, -0.2) is 9.97 Å². The standard InChI is InChI=1S/C13H12N4S/c1-9-8-18-13(16-9)7-15-12-6-14-10-4-2-3-5-11(10)17-12/h2-6,8H,7H2,1H3,(H,15,17). The second-order valence-electron chi connectivity index (χ2n) is 3.98. The number of hydrogen-bond donors (Lipinski definition) is 1. The normalized spacial score (nSPS) is 10.7. The van der Waals surface area contributed by atoms with E-state index in [0.29, 0.717) is 6.54 Å². The minimum absolute atomic E-state index is 0.686. The average Bonchev–Trinajstić information content (AvgIpc) is 2.82. The molecule has 0 spiro atoms. The van der Waals surface area contributed by atoms with E-state index in [1.54, 1.807) is 17.5 Å². The van der Waals surface area contributed by atoms with Crippen LogP contribution < -0.4 is 5.32 Å². The molecule has 0 saturated carbocycles. The highest BCUT2D eigenvalue weighted by atomic mass is 32.1. The van der Waals surface area contributed by atoms with Crippen molar-refractivity contribution in [2.75, 3.05) is 5.32 Å². The Balaban J connectivity index is 1.78. The summed E-state index contributed by atoms with van der Waals surface area (Å²) in [5.74, 6) is 0.779. The zero-order valence-electron chi connectivity index (χ0n) is 9.92. The number of anilines is 1. The summed E-state index contributed by atoms with van der Waals surface area (Å²) in [7, 11) is 0. The van der Waals surface area contributed by atoms with Crippen LogP contribution in [-0.4, -0.2) is 15.0 Å². The van der Waals surface area contributed by atoms with Crippen molar-refractivity contribution in [1.82, 2.24) is 15.0 Å². The van der Waals surface area contributed by atoms with Gasteiger partial charge in [0.15, 0.2) is 0 Å². The van der Waals surface area contributed by atoms with Crippen LogP contribution in [0.4, 0.5) is 5.82 Å². The van der Waals surface area contributed by atoms with E-state index in [-0.39, 0.29) is 0 Å². The van der Waals surface area contributed by atoms with Gasteiger partial charge >= 0.3 is 0 Å². The summed E-state index contributed by atoms with van der Waals surface area (Å²) in [6, 6.07) is 7.84. The molecule has 0 bridgehead atoms. The molecule has 18 heavy (non-hydrogen) atoms. The predicted molar refractivity (Wildman–Crippen MR) is 73.7 cm³/mol. The largest absolute Gasteiger partial charge is 0.362 e. The highest BCUT2D eigenvalue weighted by molar-refractivity contribution is 7.09. The lowest BCUT2D eigenvalue weighted by Crippen LogP contribution is -2.01. The summed E-state index contributed by atoms with van der Waals surface area (Å²) in [5.41, 5.74) is 2.87. The monoisotopic (exact) mass is 256 g/mol. The van der Waals surface area contributed by atoms with E-state index in [2.05, 4.69) is 20.3 Å². The summed E-state index contributed by atoms with van der Waals surface area (Å²) < 4.78 is 0. The molecule has 0 aliphatic rings. The van der Waals surface area contributed by atoms with E-state index in [1.807, 2.05) is 36.6 Å². The SMILES string of the molecule is Cc1csc(CNc2cnc3ccccc3n2)n1. The van der Waals surface area contributed by atoms with Gasteiger partial charge in [-0.1, -0.05) is 12.1 Å². The first kappa shape index (κ1) is 11.1. The molecule has 0 amide bonds. The molecule has 0 atom stereocenters. The molecule has 0 aliphatic carbocycles. The molecule has 2 heterocycles. The van der Waals surface area contributed by atoms with Crippen LogP contribution >= 0.6 is 11.3 Å². The first-order chi connectivity index (χ1) is 8.81. The first-order valence-corrected chi connectivity index (χ1v) is 6.56. The van der Waals surface area contributed by atoms with Crippen molar-refractivity contribution in [1.29, 1.82) is 0 Å². The van der Waals surface area contributed by atoms with Crippen LogP contribution in [0.5, 0.6) is 0 Å². The number of thiazole rings is 1. The lowest BCUT2D eigenvalue weighted by atomic mass is 10.3. The minimum Gasteiger partial charge on any atom is -0.362 e. The van der Waals surface area contributed by atoms with Crippen molar-refractivity contribution >= 4 is 28.2 Å². The van der Waals surface area contributed by atoms with E-state index in [1.165, 1.54) is 0 Å². The minimum atomic E-state index is 0.686. The smallest absolute Gasteiger partial charge is 0.145 e. The number of hydrogen-bond acceptors (Lipinski definition) is 5. The van der Waals surface area contributed by atoms with Crippen molar-refractivity contribution in [2.45, 2.75) is 13.5 Å². The first-order valence-electron chi connectivity index (χ1n) is 5.68. The van der Waals surface area contributed by atoms with E-state index >= 15 is 0 Å². The van der Waals surface area contributed by atoms with E-state index in [0.717, 1.165) is 27.6 Å². The van der Waals surface area contributed by atoms with Crippen LogP contribution in [0.15, 0.2) is 35.8 Å². The molecule has 3 rings (SSSR count). The molecule has 4 nitrogen and oxygen atoms in total. The average molecular weight is 256 g/mol. The third-order valence-corrected chi connectivity index (χ3v) is 3.50. The van der Waals surface area contributed by atoms with Gasteiger partial charge in [0.2, 0.25) is 0 Å². The summed E-state index contributed by atoms with van der Waals surface area (Å²) in [5, 5.41) is 6.34. The number of aromatic nitrogens is 3. The molecule has 0 radical (unpaired) electrons. The second-order valence-corrected chi connectivity index (χ2v) is 4.92. The van der Waals surface area contributed by atoms with Crippen LogP contribution in [0, 0.1) is 6.92 Å².